The number of nitrogens with zero attached hydrogens (tertiary/aromatic N) is 3. The fourth-order valence-electron chi connectivity index (χ4n) is 8.71. The number of imidazole rings is 1. The minimum Gasteiger partial charge on any atom is -0.507 e. The van der Waals surface area contributed by atoms with E-state index in [1.54, 1.807) is 24.4 Å². The maximum Gasteiger partial charge on any atom is 0.148 e. The Hall–Kier alpha value is -6.35. The predicted molar refractivity (Wildman–Crippen MR) is 282 cm³/mol. The van der Waals surface area contributed by atoms with Crippen molar-refractivity contribution >= 4 is 11.0 Å². The van der Waals surface area contributed by atoms with Crippen molar-refractivity contribution < 1.29 is 39.9 Å². The monoisotopic (exact) mass is 1080 g/mol. The second-order valence-electron chi connectivity index (χ2n) is 19.8. The summed E-state index contributed by atoms with van der Waals surface area (Å²) in [6.45, 7) is 6.36. The number of hydrogen-bond donors (Lipinski definition) is 1. The number of pyridine rings is 1. The van der Waals surface area contributed by atoms with Gasteiger partial charge in [-0.05, 0) is 97.0 Å². The van der Waals surface area contributed by atoms with Crippen molar-refractivity contribution in [3.05, 3.63) is 192 Å². The standard InChI is InChI=1S/C63H62N3O.Pt/c1-40(2)45-31-47(42-21-16-13-17-22-42)36-52(35-45)66-57-24-18-23-53(58(57)65-60(66)54-38-51(62(6,7)8)39-55(59(54)67)63(9,10)11)48-32-46(41-19-14-12-15-20-41)33-49(34-48)56-37-44(29-30-64-56)43-25-27-50(28-26-43)61(3,4)5;/h12-33,35-40,67H,1-11H3;/q-1;/i3D3,4D3,5D3,40D;. The number of phenols is 1. The van der Waals surface area contributed by atoms with E-state index < -0.39 is 37.3 Å². The number of para-hydroxylation sites is 1. The normalized spacial score (nSPS) is 15.0. The molecule has 7 aromatic carbocycles. The fraction of sp³-hybridized carbons (Fsp3) is 0.238. The summed E-state index contributed by atoms with van der Waals surface area (Å²) in [6.07, 6.45) is 1.65. The van der Waals surface area contributed by atoms with Crippen LogP contribution >= 0.6 is 0 Å². The third kappa shape index (κ3) is 9.67. The molecule has 0 spiro atoms. The first-order valence-corrected chi connectivity index (χ1v) is 22.7. The molecule has 0 radical (unpaired) electrons. The van der Waals surface area contributed by atoms with E-state index in [-0.39, 0.29) is 37.8 Å². The molecule has 5 heteroatoms. The van der Waals surface area contributed by atoms with E-state index in [4.69, 9.17) is 22.3 Å². The van der Waals surface area contributed by atoms with Gasteiger partial charge in [-0.3, -0.25) is 9.55 Å². The average molecular weight is 1080 g/mol. The Morgan fingerprint density at radius 2 is 1.21 bits per heavy atom. The molecule has 0 saturated carbocycles. The minimum atomic E-state index is -3.39. The molecule has 0 bridgehead atoms. The van der Waals surface area contributed by atoms with Crippen LogP contribution in [-0.4, -0.2) is 19.6 Å². The van der Waals surface area contributed by atoms with E-state index in [1.807, 2.05) is 98.8 Å². The van der Waals surface area contributed by atoms with E-state index in [2.05, 4.69) is 94.6 Å². The van der Waals surface area contributed by atoms with Crippen LogP contribution in [-0.2, 0) is 37.3 Å². The fourth-order valence-corrected chi connectivity index (χ4v) is 8.71. The summed E-state index contributed by atoms with van der Waals surface area (Å²) in [4.78, 5) is 10.4. The van der Waals surface area contributed by atoms with E-state index in [9.17, 15) is 6.48 Å². The molecular weight excluding hydrogens is 1010 g/mol. The van der Waals surface area contributed by atoms with E-state index in [1.165, 1.54) is 12.1 Å². The molecule has 9 aromatic rings. The van der Waals surface area contributed by atoms with Crippen LogP contribution in [0.3, 0.4) is 0 Å². The zero-order valence-corrected chi connectivity index (χ0v) is 42.0. The van der Waals surface area contributed by atoms with Gasteiger partial charge in [-0.1, -0.05) is 208 Å². The van der Waals surface area contributed by atoms with Gasteiger partial charge >= 0.3 is 0 Å². The summed E-state index contributed by atoms with van der Waals surface area (Å²) in [5.41, 5.74) is 8.84. The van der Waals surface area contributed by atoms with Crippen LogP contribution in [0.15, 0.2) is 164 Å². The third-order valence-electron chi connectivity index (χ3n) is 12.5. The SMILES string of the molecule is [2H]C(C)(C)c1cc(-c2ccccc2)cc(-n2c(-c3cc(C(C)(C)C)cc(C(C)(C)C)c3O)nc3c(-c4[c-]c(-c5cc(-c6ccc(C(C([2H])([2H])[2H])(C([2H])([2H])[2H])C([2H])([2H])[2H])cc6)ccn5)cc(-c5ccccc5)c4)cccc32)c1.[Pt]. The Labute approximate surface area is 432 Å². The van der Waals surface area contributed by atoms with Crippen LogP contribution in [0.1, 0.15) is 118 Å². The van der Waals surface area contributed by atoms with Gasteiger partial charge in [0.1, 0.15) is 11.6 Å². The quantitative estimate of drug-likeness (QED) is 0.154. The second-order valence-corrected chi connectivity index (χ2v) is 19.8. The molecule has 0 aliphatic heterocycles. The van der Waals surface area contributed by atoms with Gasteiger partial charge in [0.05, 0.1) is 16.6 Å². The number of hydrogen-bond acceptors (Lipinski definition) is 3. The number of rotatable bonds is 8. The Morgan fingerprint density at radius 1 is 0.574 bits per heavy atom. The summed E-state index contributed by atoms with van der Waals surface area (Å²) in [5, 5.41) is 12.6. The average Bonchev–Trinajstić information content (AvgIpc) is 3.77. The first-order chi connectivity index (χ1) is 35.9. The van der Waals surface area contributed by atoms with Crippen LogP contribution in [0.5, 0.6) is 5.75 Å². The molecule has 68 heavy (non-hydrogen) atoms. The van der Waals surface area contributed by atoms with Gasteiger partial charge in [0.2, 0.25) is 0 Å². The van der Waals surface area contributed by atoms with Crippen molar-refractivity contribution in [1.82, 2.24) is 14.5 Å². The van der Waals surface area contributed by atoms with Crippen LogP contribution in [0, 0.1) is 6.07 Å². The van der Waals surface area contributed by atoms with Crippen LogP contribution < -0.4 is 0 Å². The summed E-state index contributed by atoms with van der Waals surface area (Å²) >= 11 is 0. The van der Waals surface area contributed by atoms with Gasteiger partial charge < -0.3 is 5.11 Å². The molecule has 2 aromatic heterocycles. The largest absolute Gasteiger partial charge is 0.507 e. The molecule has 0 atom stereocenters. The zero-order chi connectivity index (χ0) is 55.8. The van der Waals surface area contributed by atoms with Gasteiger partial charge in [0, 0.05) is 57.9 Å². The molecule has 0 fully saturated rings. The molecule has 9 rings (SSSR count). The molecule has 2 heterocycles. The summed E-state index contributed by atoms with van der Waals surface area (Å²) in [5.74, 6) is -0.317. The molecule has 0 aliphatic carbocycles. The van der Waals surface area contributed by atoms with Crippen molar-refractivity contribution in [2.24, 2.45) is 0 Å². The first kappa shape index (κ1) is 36.7. The summed E-state index contributed by atoms with van der Waals surface area (Å²) in [6, 6.07) is 53.6. The van der Waals surface area contributed by atoms with Crippen LogP contribution in [0.2, 0.25) is 0 Å². The van der Waals surface area contributed by atoms with Crippen LogP contribution in [0.25, 0.3) is 83.9 Å². The van der Waals surface area contributed by atoms with Crippen molar-refractivity contribution in [2.75, 3.05) is 0 Å². The Morgan fingerprint density at radius 3 is 1.82 bits per heavy atom. The molecule has 4 nitrogen and oxygen atoms in total. The Kier molecular flexibility index (Phi) is 10.0. The van der Waals surface area contributed by atoms with Gasteiger partial charge in [-0.15, -0.1) is 23.8 Å². The van der Waals surface area contributed by atoms with Crippen molar-refractivity contribution in [2.45, 2.75) is 98.1 Å². The summed E-state index contributed by atoms with van der Waals surface area (Å²) < 4.78 is 85.5. The molecule has 1 N–H and O–H groups in total. The maximum atomic E-state index is 12.6. The summed E-state index contributed by atoms with van der Waals surface area (Å²) in [7, 11) is 0. The van der Waals surface area contributed by atoms with E-state index in [0.717, 1.165) is 55.7 Å². The Balaban J connectivity index is 0.00000803. The molecule has 0 unspecified atom stereocenters. The first-order valence-electron chi connectivity index (χ1n) is 27.7. The number of aromatic nitrogens is 3. The van der Waals surface area contributed by atoms with E-state index >= 15 is 0 Å². The topological polar surface area (TPSA) is 50.9 Å². The number of aromatic hydroxyl groups is 1. The minimum absolute atomic E-state index is 0. The number of fused-ring (bicyclic) bond motifs is 1. The zero-order valence-electron chi connectivity index (χ0n) is 49.7. The van der Waals surface area contributed by atoms with Gasteiger partial charge in [-0.25, -0.2) is 4.98 Å². The van der Waals surface area contributed by atoms with Crippen molar-refractivity contribution in [1.29, 1.82) is 0 Å². The third-order valence-corrected chi connectivity index (χ3v) is 12.5. The number of phenolic OH excluding ortho intramolecular Hbond substituents is 1. The number of benzene rings is 7. The maximum absolute atomic E-state index is 12.6. The Bertz CT molecular complexity index is 3620. The van der Waals surface area contributed by atoms with Crippen LogP contribution in [0.4, 0.5) is 0 Å². The molecule has 0 saturated heterocycles. The smallest absolute Gasteiger partial charge is 0.148 e. The van der Waals surface area contributed by atoms with Crippen molar-refractivity contribution in [3.8, 4) is 78.6 Å². The molecular formula is C63H62N3OPt-. The molecule has 0 aliphatic rings. The second kappa shape index (κ2) is 18.6. The van der Waals surface area contributed by atoms with Gasteiger partial charge in [-0.2, -0.15) is 0 Å². The molecule has 0 amide bonds. The van der Waals surface area contributed by atoms with Gasteiger partial charge in [0.15, 0.2) is 0 Å². The predicted octanol–water partition coefficient (Wildman–Crippen LogP) is 16.9. The van der Waals surface area contributed by atoms with Gasteiger partial charge in [0.25, 0.3) is 0 Å². The van der Waals surface area contributed by atoms with E-state index in [0.29, 0.717) is 44.9 Å². The molecule has 346 valence electrons. The van der Waals surface area contributed by atoms with Crippen molar-refractivity contribution in [3.63, 3.8) is 0 Å².